The lowest BCUT2D eigenvalue weighted by Crippen LogP contribution is -2.27. The smallest absolute Gasteiger partial charge is 0.129 e. The standard InChI is InChI=1S/C14H21F2NO/c1-3-11(10-17-6-7-18-2)8-12-4-5-13(15)9-14(12)16/h4-5,9,11,17H,3,6-8,10H2,1-2H3. The average Bonchev–Trinajstić information content (AvgIpc) is 2.35. The zero-order chi connectivity index (χ0) is 13.4. The van der Waals surface area contributed by atoms with Gasteiger partial charge in [-0.15, -0.1) is 0 Å². The van der Waals surface area contributed by atoms with E-state index in [0.717, 1.165) is 25.6 Å². The largest absolute Gasteiger partial charge is 0.383 e. The number of halogens is 2. The van der Waals surface area contributed by atoms with Crippen LogP contribution in [0.2, 0.25) is 0 Å². The Morgan fingerprint density at radius 3 is 2.72 bits per heavy atom. The van der Waals surface area contributed by atoms with Gasteiger partial charge in [0.1, 0.15) is 11.6 Å². The molecule has 0 radical (unpaired) electrons. The summed E-state index contributed by atoms with van der Waals surface area (Å²) < 4.78 is 31.2. The molecule has 1 aromatic carbocycles. The first-order valence-electron chi connectivity index (χ1n) is 6.31. The van der Waals surface area contributed by atoms with E-state index < -0.39 is 11.6 Å². The first-order valence-corrected chi connectivity index (χ1v) is 6.31. The van der Waals surface area contributed by atoms with Gasteiger partial charge in [0.25, 0.3) is 0 Å². The van der Waals surface area contributed by atoms with Crippen molar-refractivity contribution in [2.75, 3.05) is 26.8 Å². The molecule has 0 aromatic heterocycles. The normalized spacial score (nSPS) is 12.7. The van der Waals surface area contributed by atoms with Gasteiger partial charge in [-0.25, -0.2) is 8.78 Å². The summed E-state index contributed by atoms with van der Waals surface area (Å²) in [5.41, 5.74) is 0.580. The summed E-state index contributed by atoms with van der Waals surface area (Å²) in [7, 11) is 1.66. The Bertz CT molecular complexity index is 358. The Labute approximate surface area is 107 Å². The van der Waals surface area contributed by atoms with Crippen molar-refractivity contribution in [2.24, 2.45) is 5.92 Å². The molecule has 0 amide bonds. The van der Waals surface area contributed by atoms with Gasteiger partial charge in [0.05, 0.1) is 6.61 Å². The molecule has 0 fully saturated rings. The Morgan fingerprint density at radius 1 is 1.33 bits per heavy atom. The van der Waals surface area contributed by atoms with Gasteiger partial charge in [-0.1, -0.05) is 19.4 Å². The molecular formula is C14H21F2NO. The molecule has 1 N–H and O–H groups in total. The number of methoxy groups -OCH3 is 1. The minimum absolute atomic E-state index is 0.349. The van der Waals surface area contributed by atoms with Crippen LogP contribution in [0, 0.1) is 17.6 Å². The highest BCUT2D eigenvalue weighted by atomic mass is 19.1. The van der Waals surface area contributed by atoms with E-state index in [1.54, 1.807) is 7.11 Å². The van der Waals surface area contributed by atoms with Gasteiger partial charge in [0.2, 0.25) is 0 Å². The van der Waals surface area contributed by atoms with Gasteiger partial charge in [0.15, 0.2) is 0 Å². The van der Waals surface area contributed by atoms with E-state index in [4.69, 9.17) is 4.74 Å². The molecule has 4 heteroatoms. The minimum atomic E-state index is -0.525. The Hall–Kier alpha value is -1.00. The van der Waals surface area contributed by atoms with E-state index in [0.29, 0.717) is 24.5 Å². The SMILES string of the molecule is CCC(CNCCOC)Cc1ccc(F)cc1F. The van der Waals surface area contributed by atoms with Crippen molar-refractivity contribution in [2.45, 2.75) is 19.8 Å². The van der Waals surface area contributed by atoms with Crippen LogP contribution in [0.15, 0.2) is 18.2 Å². The van der Waals surface area contributed by atoms with Gasteiger partial charge in [-0.2, -0.15) is 0 Å². The average molecular weight is 257 g/mol. The van der Waals surface area contributed by atoms with Crippen molar-refractivity contribution >= 4 is 0 Å². The maximum Gasteiger partial charge on any atom is 0.129 e. The molecule has 2 nitrogen and oxygen atoms in total. The molecule has 0 aliphatic rings. The Kier molecular flexibility index (Phi) is 6.83. The highest BCUT2D eigenvalue weighted by Gasteiger charge is 2.11. The summed E-state index contributed by atoms with van der Waals surface area (Å²) in [6, 6.07) is 3.78. The molecule has 0 aliphatic carbocycles. The lowest BCUT2D eigenvalue weighted by atomic mass is 9.96. The first kappa shape index (κ1) is 15.1. The van der Waals surface area contributed by atoms with Crippen LogP contribution in [0.4, 0.5) is 8.78 Å². The van der Waals surface area contributed by atoms with Crippen LogP contribution in [0.25, 0.3) is 0 Å². The molecule has 0 bridgehead atoms. The van der Waals surface area contributed by atoms with Crippen LogP contribution in [-0.4, -0.2) is 26.8 Å². The molecule has 18 heavy (non-hydrogen) atoms. The number of hydrogen-bond donors (Lipinski definition) is 1. The lowest BCUT2D eigenvalue weighted by Gasteiger charge is -2.16. The fourth-order valence-corrected chi connectivity index (χ4v) is 1.84. The van der Waals surface area contributed by atoms with Crippen molar-refractivity contribution in [3.8, 4) is 0 Å². The number of nitrogens with one attached hydrogen (secondary N) is 1. The molecule has 1 unspecified atom stereocenters. The van der Waals surface area contributed by atoms with Crippen LogP contribution in [0.5, 0.6) is 0 Å². The second-order valence-corrected chi connectivity index (χ2v) is 4.41. The molecule has 0 saturated heterocycles. The second-order valence-electron chi connectivity index (χ2n) is 4.41. The minimum Gasteiger partial charge on any atom is -0.383 e. The zero-order valence-electron chi connectivity index (χ0n) is 11.0. The second kappa shape index (κ2) is 8.16. The van der Waals surface area contributed by atoms with E-state index >= 15 is 0 Å². The topological polar surface area (TPSA) is 21.3 Å². The van der Waals surface area contributed by atoms with Crippen LogP contribution < -0.4 is 5.32 Å². The first-order chi connectivity index (χ1) is 8.67. The van der Waals surface area contributed by atoms with Crippen molar-refractivity contribution in [3.63, 3.8) is 0 Å². The summed E-state index contributed by atoms with van der Waals surface area (Å²) in [6.07, 6.45) is 1.58. The van der Waals surface area contributed by atoms with Crippen molar-refractivity contribution < 1.29 is 13.5 Å². The van der Waals surface area contributed by atoms with Crippen molar-refractivity contribution in [1.29, 1.82) is 0 Å². The molecule has 1 aromatic rings. The number of benzene rings is 1. The van der Waals surface area contributed by atoms with Crippen LogP contribution >= 0.6 is 0 Å². The van der Waals surface area contributed by atoms with Crippen LogP contribution in [0.3, 0.4) is 0 Å². The molecule has 0 saturated carbocycles. The predicted molar refractivity (Wildman–Crippen MR) is 68.6 cm³/mol. The van der Waals surface area contributed by atoms with E-state index in [1.807, 2.05) is 0 Å². The monoisotopic (exact) mass is 257 g/mol. The third-order valence-electron chi connectivity index (χ3n) is 3.02. The summed E-state index contributed by atoms with van der Waals surface area (Å²) >= 11 is 0. The van der Waals surface area contributed by atoms with E-state index in [9.17, 15) is 8.78 Å². The molecule has 0 spiro atoms. The number of ether oxygens (including phenoxy) is 1. The third kappa shape index (κ3) is 5.10. The third-order valence-corrected chi connectivity index (χ3v) is 3.02. The highest BCUT2D eigenvalue weighted by molar-refractivity contribution is 5.19. The van der Waals surface area contributed by atoms with Gasteiger partial charge in [0, 0.05) is 19.7 Å². The number of hydrogen-bond acceptors (Lipinski definition) is 2. The maximum atomic E-state index is 13.5. The maximum absolute atomic E-state index is 13.5. The zero-order valence-corrected chi connectivity index (χ0v) is 11.0. The molecular weight excluding hydrogens is 236 g/mol. The number of rotatable bonds is 8. The molecule has 1 atom stereocenters. The van der Waals surface area contributed by atoms with Crippen molar-refractivity contribution in [1.82, 2.24) is 5.32 Å². The van der Waals surface area contributed by atoms with Crippen LogP contribution in [0.1, 0.15) is 18.9 Å². The fourth-order valence-electron chi connectivity index (χ4n) is 1.84. The van der Waals surface area contributed by atoms with E-state index in [1.165, 1.54) is 12.1 Å². The highest BCUT2D eigenvalue weighted by Crippen LogP contribution is 2.16. The Morgan fingerprint density at radius 2 is 2.11 bits per heavy atom. The van der Waals surface area contributed by atoms with E-state index in [2.05, 4.69) is 12.2 Å². The Balaban J connectivity index is 2.46. The molecule has 0 heterocycles. The lowest BCUT2D eigenvalue weighted by molar-refractivity contribution is 0.197. The summed E-state index contributed by atoms with van der Waals surface area (Å²) in [5, 5.41) is 3.27. The van der Waals surface area contributed by atoms with Gasteiger partial charge in [-0.3, -0.25) is 0 Å². The summed E-state index contributed by atoms with van der Waals surface area (Å²) in [5.74, 6) is -0.630. The summed E-state index contributed by atoms with van der Waals surface area (Å²) in [6.45, 7) is 4.35. The van der Waals surface area contributed by atoms with E-state index in [-0.39, 0.29) is 0 Å². The molecule has 0 aliphatic heterocycles. The molecule has 102 valence electrons. The summed E-state index contributed by atoms with van der Waals surface area (Å²) in [4.78, 5) is 0. The van der Waals surface area contributed by atoms with Crippen LogP contribution in [-0.2, 0) is 11.2 Å². The fraction of sp³-hybridized carbons (Fsp3) is 0.571. The predicted octanol–water partition coefficient (Wildman–Crippen LogP) is 2.77. The van der Waals surface area contributed by atoms with Gasteiger partial charge in [-0.05, 0) is 30.5 Å². The van der Waals surface area contributed by atoms with Gasteiger partial charge >= 0.3 is 0 Å². The van der Waals surface area contributed by atoms with Crippen molar-refractivity contribution in [3.05, 3.63) is 35.4 Å². The quantitative estimate of drug-likeness (QED) is 0.723. The van der Waals surface area contributed by atoms with Gasteiger partial charge < -0.3 is 10.1 Å². The molecule has 1 rings (SSSR count).